The first-order valence-corrected chi connectivity index (χ1v) is 15.7. The highest BCUT2D eigenvalue weighted by atomic mass is 32.2. The quantitative estimate of drug-likeness (QED) is 0.457. The van der Waals surface area contributed by atoms with Crippen LogP contribution in [0.5, 0.6) is 0 Å². The molecule has 0 spiro atoms. The number of piperazine rings is 1. The molecule has 3 amide bonds. The highest BCUT2D eigenvalue weighted by Gasteiger charge is 2.36. The van der Waals surface area contributed by atoms with Gasteiger partial charge >= 0.3 is 0 Å². The van der Waals surface area contributed by atoms with Crippen LogP contribution in [0.2, 0.25) is 0 Å². The number of alkyl halides is 1. The first-order valence-electron chi connectivity index (χ1n) is 14.9. The van der Waals surface area contributed by atoms with Gasteiger partial charge in [0.15, 0.2) is 5.78 Å². The van der Waals surface area contributed by atoms with Crippen molar-refractivity contribution in [2.75, 3.05) is 44.8 Å². The molecule has 2 aromatic carbocycles. The van der Waals surface area contributed by atoms with E-state index in [2.05, 4.69) is 10.2 Å². The van der Waals surface area contributed by atoms with E-state index in [1.54, 1.807) is 21.6 Å². The Kier molecular flexibility index (Phi) is 9.95. The number of hydrogen-bond donors (Lipinski definition) is 1. The Bertz CT molecular complexity index is 1270. The lowest BCUT2D eigenvalue weighted by Gasteiger charge is -2.34. The fourth-order valence-electron chi connectivity index (χ4n) is 6.27. The standard InChI is InChI=1S/C32H39FN4O4S/c1-35-16-18-36(19-17-35)31(40)20-24(27(38)21-33)34-32(41)23-9-3-2-8-22(23)14-15-30(39)37-25-10-4-6-12-28(25)42-29-13-7-5-11-26(29)37/h4-7,10-13,22-24H,2-3,8-9,14-21H2,1H3,(H,34,41). The number of carbonyl (C=O) groups excluding carboxylic acids is 4. The van der Waals surface area contributed by atoms with E-state index in [0.29, 0.717) is 25.9 Å². The van der Waals surface area contributed by atoms with Crippen molar-refractivity contribution < 1.29 is 23.6 Å². The fourth-order valence-corrected chi connectivity index (χ4v) is 7.33. The third-order valence-electron chi connectivity index (χ3n) is 8.73. The summed E-state index contributed by atoms with van der Waals surface area (Å²) in [6.07, 6.45) is 3.84. The van der Waals surface area contributed by atoms with Gasteiger partial charge in [0.05, 0.1) is 23.8 Å². The van der Waals surface area contributed by atoms with Gasteiger partial charge < -0.3 is 15.1 Å². The van der Waals surface area contributed by atoms with E-state index < -0.39 is 24.4 Å². The van der Waals surface area contributed by atoms with E-state index in [0.717, 1.165) is 53.5 Å². The minimum absolute atomic E-state index is 0.0248. The predicted molar refractivity (Wildman–Crippen MR) is 160 cm³/mol. The number of nitrogens with zero attached hydrogens (tertiary/aromatic N) is 3. The number of para-hydroxylation sites is 2. The second-order valence-electron chi connectivity index (χ2n) is 11.5. The van der Waals surface area contributed by atoms with Crippen molar-refractivity contribution in [3.8, 4) is 0 Å². The second kappa shape index (κ2) is 13.8. The van der Waals surface area contributed by atoms with E-state index >= 15 is 0 Å². The number of anilines is 2. The summed E-state index contributed by atoms with van der Waals surface area (Å²) in [6.45, 7) is 1.32. The molecule has 8 nitrogen and oxygen atoms in total. The molecular weight excluding hydrogens is 555 g/mol. The molecule has 10 heteroatoms. The predicted octanol–water partition coefficient (Wildman–Crippen LogP) is 4.59. The van der Waals surface area contributed by atoms with E-state index in [4.69, 9.17) is 0 Å². The molecule has 42 heavy (non-hydrogen) atoms. The van der Waals surface area contributed by atoms with Crippen LogP contribution in [0, 0.1) is 11.8 Å². The van der Waals surface area contributed by atoms with Crippen molar-refractivity contribution in [1.29, 1.82) is 0 Å². The first-order chi connectivity index (χ1) is 20.4. The average molecular weight is 595 g/mol. The van der Waals surface area contributed by atoms with Gasteiger partial charge in [-0.3, -0.25) is 24.1 Å². The van der Waals surface area contributed by atoms with Crippen molar-refractivity contribution in [1.82, 2.24) is 15.1 Å². The Labute approximate surface area is 251 Å². The van der Waals surface area contributed by atoms with Crippen LogP contribution in [0.15, 0.2) is 58.3 Å². The van der Waals surface area contributed by atoms with Gasteiger partial charge in [0, 0.05) is 48.3 Å². The van der Waals surface area contributed by atoms with Gasteiger partial charge in [0.2, 0.25) is 17.7 Å². The molecule has 0 radical (unpaired) electrons. The number of carbonyl (C=O) groups is 4. The molecule has 2 fully saturated rings. The lowest BCUT2D eigenvalue weighted by atomic mass is 9.76. The zero-order valence-electron chi connectivity index (χ0n) is 24.1. The topological polar surface area (TPSA) is 90.0 Å². The maximum Gasteiger partial charge on any atom is 0.231 e. The van der Waals surface area contributed by atoms with Gasteiger partial charge in [0.1, 0.15) is 6.67 Å². The molecule has 3 atom stereocenters. The number of rotatable bonds is 9. The summed E-state index contributed by atoms with van der Waals surface area (Å²) >= 11 is 1.65. The second-order valence-corrected chi connectivity index (χ2v) is 12.6. The molecule has 2 heterocycles. The molecular formula is C32H39FN4O4S. The van der Waals surface area contributed by atoms with Crippen LogP contribution < -0.4 is 10.2 Å². The van der Waals surface area contributed by atoms with Gasteiger partial charge in [-0.2, -0.15) is 0 Å². The van der Waals surface area contributed by atoms with E-state index in [1.165, 1.54) is 0 Å². The molecule has 5 rings (SSSR count). The van der Waals surface area contributed by atoms with Crippen LogP contribution >= 0.6 is 11.8 Å². The number of benzene rings is 2. The third-order valence-corrected chi connectivity index (χ3v) is 9.86. The van der Waals surface area contributed by atoms with Crippen LogP contribution in [-0.4, -0.2) is 79.2 Å². The molecule has 0 aromatic heterocycles. The van der Waals surface area contributed by atoms with E-state index in [1.807, 2.05) is 55.6 Å². The molecule has 1 saturated carbocycles. The Morgan fingerprint density at radius 2 is 1.52 bits per heavy atom. The van der Waals surface area contributed by atoms with Crippen LogP contribution in [0.1, 0.15) is 44.9 Å². The van der Waals surface area contributed by atoms with E-state index in [-0.39, 0.29) is 36.5 Å². The maximum atomic E-state index is 13.7. The number of hydrogen-bond acceptors (Lipinski definition) is 6. The van der Waals surface area contributed by atoms with Crippen LogP contribution in [0.25, 0.3) is 0 Å². The highest BCUT2D eigenvalue weighted by Crippen LogP contribution is 2.48. The summed E-state index contributed by atoms with van der Waals surface area (Å²) in [4.78, 5) is 60.2. The van der Waals surface area contributed by atoms with Crippen molar-refractivity contribution in [2.24, 2.45) is 11.8 Å². The molecule has 1 N–H and O–H groups in total. The number of likely N-dealkylation sites (N-methyl/N-ethyl adjacent to an activating group) is 1. The number of ketones is 1. The van der Waals surface area contributed by atoms with Gasteiger partial charge in [-0.1, -0.05) is 48.9 Å². The molecule has 1 saturated heterocycles. The molecule has 1 aliphatic carbocycles. The van der Waals surface area contributed by atoms with Gasteiger partial charge in [-0.15, -0.1) is 0 Å². The summed E-state index contributed by atoms with van der Waals surface area (Å²) in [5.74, 6) is -1.81. The van der Waals surface area contributed by atoms with Crippen molar-refractivity contribution in [3.63, 3.8) is 0 Å². The van der Waals surface area contributed by atoms with E-state index in [9.17, 15) is 23.6 Å². The number of nitrogens with one attached hydrogen (secondary N) is 1. The zero-order chi connectivity index (χ0) is 29.6. The lowest BCUT2D eigenvalue weighted by Crippen LogP contribution is -2.51. The summed E-state index contributed by atoms with van der Waals surface area (Å²) in [5, 5.41) is 2.74. The van der Waals surface area contributed by atoms with Crippen LogP contribution in [-0.2, 0) is 19.2 Å². The number of Topliss-reactive ketones (excluding diaryl/α,β-unsaturated/α-hetero) is 1. The number of fused-ring (bicyclic) bond motifs is 2. The van der Waals surface area contributed by atoms with Gasteiger partial charge in [-0.25, -0.2) is 4.39 Å². The van der Waals surface area contributed by atoms with Gasteiger partial charge in [-0.05, 0) is 56.5 Å². The molecule has 2 aliphatic heterocycles. The molecule has 3 unspecified atom stereocenters. The molecule has 224 valence electrons. The zero-order valence-corrected chi connectivity index (χ0v) is 24.9. The Morgan fingerprint density at radius 3 is 2.17 bits per heavy atom. The fraction of sp³-hybridized carbons (Fsp3) is 0.500. The summed E-state index contributed by atoms with van der Waals surface area (Å²) in [6, 6.07) is 14.6. The number of halogens is 1. The Balaban J connectivity index is 1.24. The molecule has 0 bridgehead atoms. The summed E-state index contributed by atoms with van der Waals surface area (Å²) < 4.78 is 13.5. The monoisotopic (exact) mass is 594 g/mol. The minimum atomic E-state index is -1.24. The third kappa shape index (κ3) is 6.86. The average Bonchev–Trinajstić information content (AvgIpc) is 3.02. The van der Waals surface area contributed by atoms with Crippen molar-refractivity contribution in [2.45, 2.75) is 60.8 Å². The molecule has 3 aliphatic rings. The lowest BCUT2D eigenvalue weighted by molar-refractivity contribution is -0.138. The minimum Gasteiger partial charge on any atom is -0.345 e. The number of amides is 3. The van der Waals surface area contributed by atoms with Gasteiger partial charge in [0.25, 0.3) is 0 Å². The SMILES string of the molecule is CN1CCN(C(=O)CC(NC(=O)C2CCCCC2CCC(=O)N2c3ccccc3Sc3ccccc32)C(=O)CF)CC1. The highest BCUT2D eigenvalue weighted by molar-refractivity contribution is 7.99. The van der Waals surface area contributed by atoms with Crippen LogP contribution in [0.3, 0.4) is 0 Å². The smallest absolute Gasteiger partial charge is 0.231 e. The normalized spacial score (nSPS) is 21.2. The first kappa shape index (κ1) is 30.2. The Hall–Kier alpha value is -3.24. The summed E-state index contributed by atoms with van der Waals surface area (Å²) in [7, 11) is 1.98. The maximum absolute atomic E-state index is 13.7. The Morgan fingerprint density at radius 1 is 0.905 bits per heavy atom. The van der Waals surface area contributed by atoms with Crippen molar-refractivity contribution >= 4 is 46.6 Å². The van der Waals surface area contributed by atoms with Crippen LogP contribution in [0.4, 0.5) is 15.8 Å². The largest absolute Gasteiger partial charge is 0.345 e. The van der Waals surface area contributed by atoms with Crippen molar-refractivity contribution in [3.05, 3.63) is 48.5 Å². The molecule has 2 aromatic rings. The summed E-state index contributed by atoms with van der Waals surface area (Å²) in [5.41, 5.74) is 1.73.